The lowest BCUT2D eigenvalue weighted by Gasteiger charge is -2.22. The van der Waals surface area contributed by atoms with Gasteiger partial charge in [0, 0.05) is 46.2 Å². The van der Waals surface area contributed by atoms with Crippen LogP contribution >= 0.6 is 23.2 Å². The molecule has 0 radical (unpaired) electrons. The van der Waals surface area contributed by atoms with Crippen molar-refractivity contribution in [1.82, 2.24) is 24.3 Å². The van der Waals surface area contributed by atoms with Gasteiger partial charge in [0.25, 0.3) is 5.56 Å². The van der Waals surface area contributed by atoms with Gasteiger partial charge in [-0.2, -0.15) is 5.10 Å². The van der Waals surface area contributed by atoms with Crippen LogP contribution in [0.3, 0.4) is 0 Å². The number of aromatic nitrogens is 5. The van der Waals surface area contributed by atoms with Crippen molar-refractivity contribution >= 4 is 40.5 Å². The van der Waals surface area contributed by atoms with E-state index in [4.69, 9.17) is 33.9 Å². The number of hydrogen-bond acceptors (Lipinski definition) is 7. The Morgan fingerprint density at radius 3 is 2.67 bits per heavy atom. The summed E-state index contributed by atoms with van der Waals surface area (Å²) in [5, 5.41) is 11.3. The molecule has 2 aromatic carbocycles. The summed E-state index contributed by atoms with van der Waals surface area (Å²) in [5.41, 5.74) is 10.7. The minimum atomic E-state index is -0.429. The van der Waals surface area contributed by atoms with Crippen LogP contribution in [0.2, 0.25) is 5.02 Å². The lowest BCUT2D eigenvalue weighted by molar-refractivity contribution is -0.119. The number of halogens is 2. The summed E-state index contributed by atoms with van der Waals surface area (Å²) in [6.45, 7) is 1.90. The highest BCUT2D eigenvalue weighted by Gasteiger charge is 2.25. The molecule has 10 nitrogen and oxygen atoms in total. The van der Waals surface area contributed by atoms with Crippen LogP contribution in [0.25, 0.3) is 28.2 Å². The summed E-state index contributed by atoms with van der Waals surface area (Å²) in [4.78, 5) is 36.4. The third-order valence-electron chi connectivity index (χ3n) is 7.78. The zero-order chi connectivity index (χ0) is 31.5. The molecule has 1 aliphatic heterocycles. The topological polar surface area (TPSA) is 133 Å². The van der Waals surface area contributed by atoms with E-state index in [2.05, 4.69) is 20.7 Å². The van der Waals surface area contributed by atoms with Crippen molar-refractivity contribution in [2.75, 3.05) is 10.6 Å². The van der Waals surface area contributed by atoms with Crippen LogP contribution in [-0.4, -0.2) is 30.2 Å². The predicted molar refractivity (Wildman–Crippen MR) is 177 cm³/mol. The van der Waals surface area contributed by atoms with Crippen molar-refractivity contribution in [2.45, 2.75) is 32.2 Å². The molecule has 2 bridgehead atoms. The van der Waals surface area contributed by atoms with Crippen molar-refractivity contribution in [2.24, 2.45) is 11.7 Å². The summed E-state index contributed by atoms with van der Waals surface area (Å²) >= 11 is 12.1. The second kappa shape index (κ2) is 13.0. The number of carbonyl (C=O) groups excluding carboxylic acids is 1. The smallest absolute Gasteiger partial charge is 0.254 e. The standard InChI is InChI=1S/C33H30Cl2N8O2/c1-20-6-5-9-29(42-19-39-26(16-31(42)44)24-15-22(34)10-11-25(24)38-18-30(35)36)27-14-21(12-13-37-27)32-28(41-33(20)45)17-40-43(32)23-7-3-2-4-8-23/h2-4,7-8,10-20,29,38H,5-6,9,36H2,1H3,(H,41,45)/b30-18-. The maximum Gasteiger partial charge on any atom is 0.254 e. The van der Waals surface area contributed by atoms with Gasteiger partial charge in [0.15, 0.2) is 0 Å². The molecule has 4 N–H and O–H groups in total. The number of rotatable bonds is 5. The molecule has 228 valence electrons. The molecule has 0 aliphatic carbocycles. The highest BCUT2D eigenvalue weighted by molar-refractivity contribution is 6.31. The molecule has 6 rings (SSSR count). The van der Waals surface area contributed by atoms with Gasteiger partial charge in [-0.15, -0.1) is 0 Å². The molecule has 1 aliphatic rings. The van der Waals surface area contributed by atoms with Gasteiger partial charge in [-0.3, -0.25) is 19.1 Å². The zero-order valence-corrected chi connectivity index (χ0v) is 25.8. The Labute approximate surface area is 269 Å². The zero-order valence-electron chi connectivity index (χ0n) is 24.3. The van der Waals surface area contributed by atoms with Gasteiger partial charge in [0.1, 0.15) is 5.16 Å². The number of para-hydroxylation sites is 1. The van der Waals surface area contributed by atoms with Crippen LogP contribution in [0.4, 0.5) is 11.4 Å². The van der Waals surface area contributed by atoms with E-state index in [1.54, 1.807) is 39.8 Å². The molecule has 2 atom stereocenters. The van der Waals surface area contributed by atoms with Crippen LogP contribution in [0.15, 0.2) is 102 Å². The molecule has 2 unspecified atom stereocenters. The Kier molecular flexibility index (Phi) is 8.68. The van der Waals surface area contributed by atoms with E-state index in [0.717, 1.165) is 16.9 Å². The number of hydrogen-bond donors (Lipinski definition) is 3. The molecular weight excluding hydrogens is 611 g/mol. The molecule has 0 spiro atoms. The second-order valence-corrected chi connectivity index (χ2v) is 11.7. The normalized spacial score (nSPS) is 17.0. The summed E-state index contributed by atoms with van der Waals surface area (Å²) < 4.78 is 3.39. The fourth-order valence-electron chi connectivity index (χ4n) is 5.49. The SMILES string of the molecule is CC1CCCC(n2cnc(-c3cc(Cl)ccc3N/C=C(\N)Cl)cc2=O)c2cc(ccn2)-c2c(cnn2-c2ccccc2)NC1=O. The van der Waals surface area contributed by atoms with E-state index in [9.17, 15) is 9.59 Å². The number of nitrogens with one attached hydrogen (secondary N) is 2. The van der Waals surface area contributed by atoms with E-state index < -0.39 is 6.04 Å². The molecule has 1 amide bonds. The van der Waals surface area contributed by atoms with Crippen molar-refractivity contribution < 1.29 is 4.79 Å². The largest absolute Gasteiger partial charge is 0.388 e. The van der Waals surface area contributed by atoms with E-state index in [1.807, 2.05) is 49.4 Å². The van der Waals surface area contributed by atoms with E-state index >= 15 is 0 Å². The first-order valence-corrected chi connectivity index (χ1v) is 15.2. The first-order chi connectivity index (χ1) is 21.8. The number of carbonyl (C=O) groups is 1. The van der Waals surface area contributed by atoms with Gasteiger partial charge in [-0.05, 0) is 55.3 Å². The lowest BCUT2D eigenvalue weighted by atomic mass is 9.97. The molecule has 45 heavy (non-hydrogen) atoms. The molecule has 0 saturated carbocycles. The van der Waals surface area contributed by atoms with Gasteiger partial charge in [0.2, 0.25) is 5.91 Å². The Morgan fingerprint density at radius 2 is 1.89 bits per heavy atom. The first kappa shape index (κ1) is 30.1. The van der Waals surface area contributed by atoms with E-state index in [0.29, 0.717) is 52.6 Å². The van der Waals surface area contributed by atoms with Crippen LogP contribution < -0.4 is 21.9 Å². The molecule has 3 aromatic heterocycles. The number of nitrogens with zero attached hydrogens (tertiary/aromatic N) is 5. The molecule has 5 aromatic rings. The van der Waals surface area contributed by atoms with Crippen molar-refractivity contribution in [3.8, 4) is 28.2 Å². The quantitative estimate of drug-likeness (QED) is 0.185. The Balaban J connectivity index is 1.45. The fourth-order valence-corrected chi connectivity index (χ4v) is 5.71. The van der Waals surface area contributed by atoms with Crippen molar-refractivity contribution in [3.05, 3.63) is 118 Å². The van der Waals surface area contributed by atoms with Crippen molar-refractivity contribution in [3.63, 3.8) is 0 Å². The Bertz CT molecular complexity index is 1950. The van der Waals surface area contributed by atoms with E-state index in [1.165, 1.54) is 18.6 Å². The van der Waals surface area contributed by atoms with Crippen molar-refractivity contribution in [1.29, 1.82) is 0 Å². The van der Waals surface area contributed by atoms with Crippen LogP contribution in [0.5, 0.6) is 0 Å². The number of benzene rings is 2. The highest BCUT2D eigenvalue weighted by Crippen LogP contribution is 2.35. The number of amides is 1. The molecule has 4 heterocycles. The summed E-state index contributed by atoms with van der Waals surface area (Å²) in [6.07, 6.45) is 8.24. The minimum absolute atomic E-state index is 0.0715. The minimum Gasteiger partial charge on any atom is -0.388 e. The average molecular weight is 642 g/mol. The molecule has 0 saturated heterocycles. The highest BCUT2D eigenvalue weighted by atomic mass is 35.5. The number of fused-ring (bicyclic) bond motifs is 4. The summed E-state index contributed by atoms with van der Waals surface area (Å²) in [7, 11) is 0. The predicted octanol–water partition coefficient (Wildman–Crippen LogP) is 6.57. The van der Waals surface area contributed by atoms with Gasteiger partial charge < -0.3 is 16.4 Å². The summed E-state index contributed by atoms with van der Waals surface area (Å²) in [5.74, 6) is -0.346. The third kappa shape index (κ3) is 6.47. The lowest BCUT2D eigenvalue weighted by Crippen LogP contribution is -2.27. The number of nitrogens with two attached hydrogens (primary N) is 1. The average Bonchev–Trinajstić information content (AvgIpc) is 3.46. The monoisotopic (exact) mass is 640 g/mol. The van der Waals surface area contributed by atoms with E-state index in [-0.39, 0.29) is 22.5 Å². The number of pyridine rings is 1. The van der Waals surface area contributed by atoms with Gasteiger partial charge in [-0.25, -0.2) is 9.67 Å². The summed E-state index contributed by atoms with van der Waals surface area (Å²) in [6, 6.07) is 19.8. The first-order valence-electron chi connectivity index (χ1n) is 14.4. The molecule has 12 heteroatoms. The molecule has 0 fully saturated rings. The van der Waals surface area contributed by atoms with Gasteiger partial charge in [0.05, 0.1) is 47.0 Å². The molecular formula is C33H30Cl2N8O2. The number of anilines is 2. The Hall–Kier alpha value is -4.93. The second-order valence-electron chi connectivity index (χ2n) is 10.8. The maximum absolute atomic E-state index is 13.8. The van der Waals surface area contributed by atoms with Crippen LogP contribution in [0, 0.1) is 5.92 Å². The maximum atomic E-state index is 13.8. The van der Waals surface area contributed by atoms with Gasteiger partial charge in [-0.1, -0.05) is 54.7 Å². The fraction of sp³-hybridized carbons (Fsp3) is 0.182. The third-order valence-corrected chi connectivity index (χ3v) is 8.13. The van der Waals surface area contributed by atoms with Crippen LogP contribution in [0.1, 0.15) is 37.9 Å². The Morgan fingerprint density at radius 1 is 1.07 bits per heavy atom. The van der Waals surface area contributed by atoms with Crippen LogP contribution in [-0.2, 0) is 4.79 Å². The van der Waals surface area contributed by atoms with Gasteiger partial charge >= 0.3 is 0 Å².